The van der Waals surface area contributed by atoms with E-state index in [0.29, 0.717) is 13.2 Å². The van der Waals surface area contributed by atoms with Gasteiger partial charge in [-0.3, -0.25) is 4.79 Å². The Kier molecular flexibility index (Phi) is 5.69. The zero-order valence-corrected chi connectivity index (χ0v) is 9.92. The molecule has 1 saturated carbocycles. The smallest absolute Gasteiger partial charge is 0.319 e. The number of rotatable bonds is 5. The fourth-order valence-corrected chi connectivity index (χ4v) is 2.34. The predicted octanol–water partition coefficient (Wildman–Crippen LogP) is 1.97. The van der Waals surface area contributed by atoms with Gasteiger partial charge in [0.25, 0.3) is 0 Å². The molecule has 0 aromatic carbocycles. The van der Waals surface area contributed by atoms with E-state index < -0.39 is 0 Å². The van der Waals surface area contributed by atoms with E-state index in [4.69, 9.17) is 4.74 Å². The monoisotopic (exact) mass is 213 g/mol. The van der Waals surface area contributed by atoms with Crippen molar-refractivity contribution < 1.29 is 9.53 Å². The molecule has 0 bridgehead atoms. The summed E-state index contributed by atoms with van der Waals surface area (Å²) < 4.78 is 4.85. The number of hydrogen-bond donors (Lipinski definition) is 1. The summed E-state index contributed by atoms with van der Waals surface area (Å²) in [5.41, 5.74) is 0. The first-order valence-electron chi connectivity index (χ1n) is 6.08. The molecule has 0 saturated heterocycles. The lowest BCUT2D eigenvalue weighted by Crippen LogP contribution is -2.31. The second kappa shape index (κ2) is 6.83. The lowest BCUT2D eigenvalue weighted by Gasteiger charge is -2.26. The summed E-state index contributed by atoms with van der Waals surface area (Å²) >= 11 is 0. The molecule has 0 amide bonds. The molecule has 0 aromatic rings. The minimum absolute atomic E-state index is 0.138. The number of ether oxygens (including phenoxy) is 1. The fourth-order valence-electron chi connectivity index (χ4n) is 2.34. The van der Waals surface area contributed by atoms with Crippen LogP contribution in [0.3, 0.4) is 0 Å². The summed E-state index contributed by atoms with van der Waals surface area (Å²) in [4.78, 5) is 11.1. The summed E-state index contributed by atoms with van der Waals surface area (Å²) in [7, 11) is 0. The van der Waals surface area contributed by atoms with Crippen molar-refractivity contribution in [1.82, 2.24) is 5.32 Å². The average molecular weight is 213 g/mol. The van der Waals surface area contributed by atoms with Gasteiger partial charge in [0.15, 0.2) is 0 Å². The Morgan fingerprint density at radius 2 is 2.27 bits per heavy atom. The van der Waals surface area contributed by atoms with Gasteiger partial charge in [0, 0.05) is 0 Å². The van der Waals surface area contributed by atoms with E-state index in [1.807, 2.05) is 6.92 Å². The number of nitrogens with one attached hydrogen (secondary N) is 1. The molecular weight excluding hydrogens is 190 g/mol. The maximum Gasteiger partial charge on any atom is 0.319 e. The van der Waals surface area contributed by atoms with E-state index in [-0.39, 0.29) is 5.97 Å². The van der Waals surface area contributed by atoms with E-state index in [1.165, 1.54) is 25.7 Å². The molecule has 1 rings (SSSR count). The maximum absolute atomic E-state index is 11.1. The van der Waals surface area contributed by atoms with Gasteiger partial charge < -0.3 is 10.1 Å². The van der Waals surface area contributed by atoms with Crippen molar-refractivity contribution in [3.8, 4) is 0 Å². The largest absolute Gasteiger partial charge is 0.465 e. The molecule has 1 N–H and O–H groups in total. The van der Waals surface area contributed by atoms with Crippen molar-refractivity contribution >= 4 is 5.97 Å². The highest BCUT2D eigenvalue weighted by molar-refractivity contribution is 5.71. The Morgan fingerprint density at radius 1 is 1.47 bits per heavy atom. The second-order valence-electron chi connectivity index (χ2n) is 4.57. The summed E-state index contributed by atoms with van der Waals surface area (Å²) in [6, 6.07) is 0. The van der Waals surface area contributed by atoms with Crippen molar-refractivity contribution in [3.63, 3.8) is 0 Å². The van der Waals surface area contributed by atoms with Crippen molar-refractivity contribution in [2.24, 2.45) is 11.8 Å². The lowest BCUT2D eigenvalue weighted by molar-refractivity contribution is -0.142. The lowest BCUT2D eigenvalue weighted by atomic mass is 9.82. The molecule has 2 atom stereocenters. The summed E-state index contributed by atoms with van der Waals surface area (Å²) in [6.45, 7) is 5.95. The van der Waals surface area contributed by atoms with Crippen molar-refractivity contribution in [2.75, 3.05) is 19.7 Å². The standard InChI is InChI=1S/C12H23NO2/c1-3-15-12(14)9-13-8-11-6-4-5-10(2)7-11/h10-11,13H,3-9H2,1-2H3. The average Bonchev–Trinajstić information content (AvgIpc) is 2.18. The van der Waals surface area contributed by atoms with Crippen molar-refractivity contribution in [2.45, 2.75) is 39.5 Å². The Bertz CT molecular complexity index is 194. The molecule has 3 heteroatoms. The van der Waals surface area contributed by atoms with E-state index in [1.54, 1.807) is 0 Å². The second-order valence-corrected chi connectivity index (χ2v) is 4.57. The zero-order valence-electron chi connectivity index (χ0n) is 9.92. The van der Waals surface area contributed by atoms with Crippen LogP contribution in [-0.4, -0.2) is 25.7 Å². The molecule has 0 aromatic heterocycles. The highest BCUT2D eigenvalue weighted by Crippen LogP contribution is 2.27. The van der Waals surface area contributed by atoms with Crippen LogP contribution in [0.25, 0.3) is 0 Å². The van der Waals surface area contributed by atoms with Crippen LogP contribution in [0, 0.1) is 11.8 Å². The molecule has 0 heterocycles. The van der Waals surface area contributed by atoms with Gasteiger partial charge in [-0.05, 0) is 38.1 Å². The van der Waals surface area contributed by atoms with Gasteiger partial charge in [-0.15, -0.1) is 0 Å². The van der Waals surface area contributed by atoms with E-state index >= 15 is 0 Å². The zero-order chi connectivity index (χ0) is 11.1. The first kappa shape index (κ1) is 12.5. The van der Waals surface area contributed by atoms with E-state index in [2.05, 4.69) is 12.2 Å². The quantitative estimate of drug-likeness (QED) is 0.710. The molecule has 1 aliphatic rings. The van der Waals surface area contributed by atoms with Crippen LogP contribution >= 0.6 is 0 Å². The van der Waals surface area contributed by atoms with E-state index in [9.17, 15) is 4.79 Å². The molecule has 88 valence electrons. The van der Waals surface area contributed by atoms with Crippen LogP contribution in [0.4, 0.5) is 0 Å². The SMILES string of the molecule is CCOC(=O)CNCC1CCCC(C)C1. The van der Waals surface area contributed by atoms with Crippen LogP contribution in [0.5, 0.6) is 0 Å². The number of hydrogen-bond acceptors (Lipinski definition) is 3. The minimum Gasteiger partial charge on any atom is -0.465 e. The molecule has 0 aliphatic heterocycles. The van der Waals surface area contributed by atoms with Gasteiger partial charge in [-0.2, -0.15) is 0 Å². The van der Waals surface area contributed by atoms with Gasteiger partial charge in [0.05, 0.1) is 13.2 Å². The van der Waals surface area contributed by atoms with Crippen LogP contribution in [0.1, 0.15) is 39.5 Å². The number of esters is 1. The third-order valence-electron chi connectivity index (χ3n) is 3.05. The summed E-state index contributed by atoms with van der Waals surface area (Å²) in [6.07, 6.45) is 5.32. The Morgan fingerprint density at radius 3 is 2.93 bits per heavy atom. The minimum atomic E-state index is -0.138. The highest BCUT2D eigenvalue weighted by Gasteiger charge is 2.18. The molecule has 0 radical (unpaired) electrons. The molecule has 2 unspecified atom stereocenters. The maximum atomic E-state index is 11.1. The number of carbonyl (C=O) groups excluding carboxylic acids is 1. The third kappa shape index (κ3) is 5.17. The molecule has 1 aliphatic carbocycles. The first-order valence-corrected chi connectivity index (χ1v) is 6.08. The third-order valence-corrected chi connectivity index (χ3v) is 3.05. The van der Waals surface area contributed by atoms with Gasteiger partial charge in [-0.25, -0.2) is 0 Å². The molecule has 0 spiro atoms. The van der Waals surface area contributed by atoms with Crippen molar-refractivity contribution in [3.05, 3.63) is 0 Å². The molecular formula is C12H23NO2. The highest BCUT2D eigenvalue weighted by atomic mass is 16.5. The molecule has 15 heavy (non-hydrogen) atoms. The molecule has 1 fully saturated rings. The summed E-state index contributed by atoms with van der Waals surface area (Å²) in [5, 5.41) is 3.19. The Balaban J connectivity index is 2.06. The Hall–Kier alpha value is -0.570. The predicted molar refractivity (Wildman–Crippen MR) is 60.6 cm³/mol. The Labute approximate surface area is 92.6 Å². The van der Waals surface area contributed by atoms with Gasteiger partial charge >= 0.3 is 5.97 Å². The normalized spacial score (nSPS) is 26.3. The van der Waals surface area contributed by atoms with Crippen LogP contribution < -0.4 is 5.32 Å². The van der Waals surface area contributed by atoms with Gasteiger partial charge in [-0.1, -0.05) is 19.8 Å². The molecule has 3 nitrogen and oxygen atoms in total. The summed E-state index contributed by atoms with van der Waals surface area (Å²) in [5.74, 6) is 1.47. The van der Waals surface area contributed by atoms with Gasteiger partial charge in [0.1, 0.15) is 0 Å². The van der Waals surface area contributed by atoms with Crippen LogP contribution in [0.15, 0.2) is 0 Å². The van der Waals surface area contributed by atoms with Crippen LogP contribution in [-0.2, 0) is 9.53 Å². The van der Waals surface area contributed by atoms with E-state index in [0.717, 1.165) is 18.4 Å². The first-order chi connectivity index (χ1) is 7.22. The fraction of sp³-hybridized carbons (Fsp3) is 0.917. The van der Waals surface area contributed by atoms with Crippen molar-refractivity contribution in [1.29, 1.82) is 0 Å². The number of carbonyl (C=O) groups is 1. The van der Waals surface area contributed by atoms with Gasteiger partial charge in [0.2, 0.25) is 0 Å². The topological polar surface area (TPSA) is 38.3 Å². The van der Waals surface area contributed by atoms with Crippen LogP contribution in [0.2, 0.25) is 0 Å².